The van der Waals surface area contributed by atoms with E-state index in [2.05, 4.69) is 270 Å². The summed E-state index contributed by atoms with van der Waals surface area (Å²) >= 11 is 0. The predicted molar refractivity (Wildman–Crippen MR) is 269 cm³/mol. The molecule has 0 aliphatic heterocycles. The van der Waals surface area contributed by atoms with Crippen LogP contribution in [-0.2, 0) is 0 Å². The Hall–Kier alpha value is 0. The average Bonchev–Trinajstić information content (AvgIpc) is 2.97. The number of hydrogen-bond acceptors (Lipinski definition) is 0. The Labute approximate surface area is 372 Å². The van der Waals surface area contributed by atoms with Crippen LogP contribution >= 0.6 is 0 Å². The quantitative estimate of drug-likeness (QED) is 0.146. The Bertz CT molecular complexity index is 1430. The summed E-state index contributed by atoms with van der Waals surface area (Å²) in [7, 11) is 0. The van der Waals surface area contributed by atoms with Crippen molar-refractivity contribution in [2.75, 3.05) is 0 Å². The second-order valence-electron chi connectivity index (χ2n) is 31.4. The van der Waals surface area contributed by atoms with Crippen LogP contribution in [0.4, 0.5) is 0 Å². The van der Waals surface area contributed by atoms with Crippen molar-refractivity contribution >= 4 is 0 Å². The second-order valence-corrected chi connectivity index (χ2v) is 31.4. The minimum atomic E-state index is -0.0498. The minimum absolute atomic E-state index is 0.00785. The zero-order valence-corrected chi connectivity index (χ0v) is 48.6. The normalized spacial score (nSPS) is 17.8. The van der Waals surface area contributed by atoms with E-state index in [-0.39, 0.29) is 97.5 Å². The summed E-state index contributed by atoms with van der Waals surface area (Å²) < 4.78 is 0. The van der Waals surface area contributed by atoms with Crippen molar-refractivity contribution in [3.8, 4) is 0 Å². The predicted octanol–water partition coefficient (Wildman–Crippen LogP) is 20.1. The van der Waals surface area contributed by atoms with Crippen molar-refractivity contribution in [1.82, 2.24) is 0 Å². The fraction of sp³-hybridized carbons (Fsp3) is 1.00. The first kappa shape index (κ1) is 58.0. The highest BCUT2D eigenvalue weighted by atomic mass is 14.8. The molecule has 0 heteroatoms. The molecular weight excluding hydrogens is 697 g/mol. The molecule has 0 heterocycles. The van der Waals surface area contributed by atoms with Crippen LogP contribution in [0.25, 0.3) is 0 Å². The van der Waals surface area contributed by atoms with Crippen LogP contribution < -0.4 is 0 Å². The smallest absolute Gasteiger partial charge is 0.0241 e. The topological polar surface area (TPSA) is 0 Å². The summed E-state index contributed by atoms with van der Waals surface area (Å²) in [6, 6.07) is 0. The van der Waals surface area contributed by atoms with Gasteiger partial charge in [-0.05, 0) is 103 Å². The third-order valence-electron chi connectivity index (χ3n) is 27.9. The molecule has 0 bridgehead atoms. The fourth-order valence-electron chi connectivity index (χ4n) is 13.3. The van der Waals surface area contributed by atoms with Gasteiger partial charge < -0.3 is 0 Å². The molecule has 0 aromatic rings. The van der Waals surface area contributed by atoms with E-state index >= 15 is 0 Å². The monoisotopic (exact) mass is 815 g/mol. The van der Waals surface area contributed by atoms with E-state index in [1.165, 1.54) is 0 Å². The van der Waals surface area contributed by atoms with E-state index in [1.807, 2.05) is 0 Å². The molecule has 0 aromatic heterocycles. The molecule has 0 saturated heterocycles. The minimum Gasteiger partial charge on any atom is -0.0614 e. The van der Waals surface area contributed by atoms with Gasteiger partial charge in [0, 0.05) is 0 Å². The van der Waals surface area contributed by atoms with Crippen molar-refractivity contribution in [1.29, 1.82) is 0 Å². The largest absolute Gasteiger partial charge is 0.0614 e. The molecule has 350 valence electrons. The number of rotatable bonds is 16. The first-order valence-electron chi connectivity index (χ1n) is 24.2. The Balaban J connectivity index is 7.78. The van der Waals surface area contributed by atoms with Crippen LogP contribution in [0.15, 0.2) is 0 Å². The molecule has 0 spiro atoms. The summed E-state index contributed by atoms with van der Waals surface area (Å²) in [6.07, 6.45) is 0. The van der Waals surface area contributed by atoms with Crippen molar-refractivity contribution in [2.24, 2.45) is 103 Å². The molecule has 0 aromatic carbocycles. The van der Waals surface area contributed by atoms with Gasteiger partial charge in [0.15, 0.2) is 0 Å². The van der Waals surface area contributed by atoms with Gasteiger partial charge >= 0.3 is 0 Å². The van der Waals surface area contributed by atoms with Crippen molar-refractivity contribution in [2.45, 2.75) is 270 Å². The standard InChI is InChI=1S/C58H118/c1-40(43(8,9)47(16,17)45(12,13)41(2,3)4)44(10,11)48(18,19)50(22,23)52(26,27)54(30,31)56(34,35)58(38,39)57(36,37)55(32,33)53(28,29)51(24,25)49(20,21)46(14,15)42(5,6)7/h40H,1-39H3. The van der Waals surface area contributed by atoms with E-state index in [4.69, 9.17) is 0 Å². The molecule has 0 aliphatic rings. The van der Waals surface area contributed by atoms with Crippen LogP contribution in [-0.4, -0.2) is 0 Å². The highest BCUT2D eigenvalue weighted by Crippen LogP contribution is 2.77. The van der Waals surface area contributed by atoms with Crippen LogP contribution in [0, 0.1) is 103 Å². The van der Waals surface area contributed by atoms with Crippen LogP contribution in [0.1, 0.15) is 270 Å². The molecular formula is C58H118. The molecule has 0 aliphatic carbocycles. The SMILES string of the molecule is CC(C(C)(C)C(C)(C)C(C)(C)C(C)(C)C)C(C)(C)C(C)(C)C(C)(C)C(C)(C)C(C)(C)C(C)(C)C(C)(C)C(C)(C)C(C)(C)C(C)(C)C(C)(C)C(C)(C)C(C)(C)C(C)(C)C. The molecule has 0 nitrogen and oxygen atoms in total. The summed E-state index contributed by atoms with van der Waals surface area (Å²) in [6.45, 7) is 101. The highest BCUT2D eigenvalue weighted by Gasteiger charge is 2.71. The maximum Gasteiger partial charge on any atom is -0.0241 e. The lowest BCUT2D eigenvalue weighted by Gasteiger charge is -2.74. The third-order valence-corrected chi connectivity index (χ3v) is 27.9. The van der Waals surface area contributed by atoms with Gasteiger partial charge in [0.25, 0.3) is 0 Å². The Kier molecular flexibility index (Phi) is 14.5. The van der Waals surface area contributed by atoms with Gasteiger partial charge in [0.05, 0.1) is 0 Å². The van der Waals surface area contributed by atoms with Gasteiger partial charge in [-0.3, -0.25) is 0 Å². The van der Waals surface area contributed by atoms with Gasteiger partial charge in [0.1, 0.15) is 0 Å². The molecule has 1 atom stereocenters. The lowest BCUT2D eigenvalue weighted by Crippen LogP contribution is -2.68. The maximum absolute atomic E-state index is 2.65. The van der Waals surface area contributed by atoms with E-state index in [9.17, 15) is 0 Å². The summed E-state index contributed by atoms with van der Waals surface area (Å²) in [5.74, 6) is 0.465. The first-order valence-corrected chi connectivity index (χ1v) is 24.2. The van der Waals surface area contributed by atoms with Crippen molar-refractivity contribution in [3.05, 3.63) is 0 Å². The second kappa shape index (κ2) is 14.5. The molecule has 0 amide bonds. The van der Waals surface area contributed by atoms with Gasteiger partial charge in [0.2, 0.25) is 0 Å². The molecule has 0 radical (unpaired) electrons. The van der Waals surface area contributed by atoms with Crippen LogP contribution in [0.5, 0.6) is 0 Å². The zero-order chi connectivity index (χ0) is 48.6. The zero-order valence-electron chi connectivity index (χ0n) is 48.6. The summed E-state index contributed by atoms with van der Waals surface area (Å²) in [5, 5.41) is 0. The molecule has 0 fully saturated rings. The average molecular weight is 816 g/mol. The van der Waals surface area contributed by atoms with E-state index < -0.39 is 0 Å². The van der Waals surface area contributed by atoms with Crippen LogP contribution in [0.3, 0.4) is 0 Å². The molecule has 1 unspecified atom stereocenters. The van der Waals surface area contributed by atoms with Gasteiger partial charge in [-0.2, -0.15) is 0 Å². The summed E-state index contributed by atoms with van der Waals surface area (Å²) in [4.78, 5) is 0. The van der Waals surface area contributed by atoms with Crippen molar-refractivity contribution in [3.63, 3.8) is 0 Å². The van der Waals surface area contributed by atoms with Gasteiger partial charge in [-0.15, -0.1) is 0 Å². The van der Waals surface area contributed by atoms with E-state index in [1.54, 1.807) is 0 Å². The molecule has 0 N–H and O–H groups in total. The van der Waals surface area contributed by atoms with Gasteiger partial charge in [-0.1, -0.05) is 270 Å². The fourth-order valence-corrected chi connectivity index (χ4v) is 13.3. The van der Waals surface area contributed by atoms with E-state index in [0.717, 1.165) is 0 Å². The highest BCUT2D eigenvalue weighted by molar-refractivity contribution is 5.19. The summed E-state index contributed by atoms with van der Waals surface area (Å²) in [5.41, 5.74) is 0.573. The van der Waals surface area contributed by atoms with Crippen LogP contribution in [0.2, 0.25) is 0 Å². The third kappa shape index (κ3) is 6.96. The molecule has 0 rings (SSSR count). The van der Waals surface area contributed by atoms with E-state index in [0.29, 0.717) is 5.92 Å². The lowest BCUT2D eigenvalue weighted by atomic mass is 9.31. The maximum atomic E-state index is 2.65. The lowest BCUT2D eigenvalue weighted by molar-refractivity contribution is -0.257. The Morgan fingerprint density at radius 3 is 0.414 bits per heavy atom. The molecule has 0 saturated carbocycles. The Morgan fingerprint density at radius 2 is 0.259 bits per heavy atom. The first-order chi connectivity index (χ1) is 24.2. The molecule has 58 heavy (non-hydrogen) atoms. The van der Waals surface area contributed by atoms with Gasteiger partial charge in [-0.25, -0.2) is 0 Å². The number of hydrogen-bond donors (Lipinski definition) is 0. The Morgan fingerprint density at radius 1 is 0.155 bits per heavy atom. The van der Waals surface area contributed by atoms with Crippen molar-refractivity contribution < 1.29 is 0 Å².